The van der Waals surface area contributed by atoms with Crippen LogP contribution in [0.25, 0.3) is 0 Å². The number of amides is 2. The van der Waals surface area contributed by atoms with Crippen molar-refractivity contribution in [2.24, 2.45) is 0 Å². The lowest BCUT2D eigenvalue weighted by atomic mass is 10.0. The van der Waals surface area contributed by atoms with Crippen LogP contribution in [0.2, 0.25) is 0 Å². The van der Waals surface area contributed by atoms with Crippen molar-refractivity contribution in [2.75, 3.05) is 0 Å². The highest BCUT2D eigenvalue weighted by atomic mass is 35.5. The second-order valence-corrected chi connectivity index (χ2v) is 6.92. The van der Waals surface area contributed by atoms with Crippen LogP contribution in [0.15, 0.2) is 88.8 Å². The van der Waals surface area contributed by atoms with Crippen LogP contribution in [0.5, 0.6) is 11.5 Å². The largest absolute Gasteiger partial charge is 0.508 e. The standard InChI is InChI=1S/C23H24Cl2N2O5/c1-4-7-8-15(5-2)13-16-14-17(9-10-20(16)28)32-21(18(24)6-3)19(25)11-12-26-22(29)23(30)27-31/h4-12,14,28,31H,2,13H2,1,3H3,(H,26,29)(H,27,30)/b7-4-,12-11+,15-8+,18-6+,21-19-. The molecule has 1 aromatic rings. The summed E-state index contributed by atoms with van der Waals surface area (Å²) < 4.78 is 5.84. The Morgan fingerprint density at radius 3 is 2.53 bits per heavy atom. The molecule has 170 valence electrons. The number of nitrogens with one attached hydrogen (secondary N) is 2. The average molecular weight is 479 g/mol. The Bertz CT molecular complexity index is 1010. The lowest BCUT2D eigenvalue weighted by Gasteiger charge is -2.13. The molecule has 1 aromatic carbocycles. The highest BCUT2D eigenvalue weighted by Gasteiger charge is 2.13. The van der Waals surface area contributed by atoms with E-state index in [9.17, 15) is 14.7 Å². The van der Waals surface area contributed by atoms with Gasteiger partial charge in [0, 0.05) is 18.2 Å². The van der Waals surface area contributed by atoms with Gasteiger partial charge < -0.3 is 15.2 Å². The van der Waals surface area contributed by atoms with Gasteiger partial charge in [0.05, 0.1) is 10.1 Å². The number of aromatic hydroxyl groups is 1. The molecule has 7 nitrogen and oxygen atoms in total. The van der Waals surface area contributed by atoms with E-state index < -0.39 is 11.8 Å². The van der Waals surface area contributed by atoms with Crippen LogP contribution in [-0.4, -0.2) is 22.1 Å². The molecule has 9 heteroatoms. The molecule has 0 heterocycles. The van der Waals surface area contributed by atoms with Gasteiger partial charge in [0.2, 0.25) is 0 Å². The Hall–Kier alpha value is -3.26. The quantitative estimate of drug-likeness (QED) is 0.135. The number of hydroxylamine groups is 1. The maximum absolute atomic E-state index is 11.4. The van der Waals surface area contributed by atoms with Gasteiger partial charge in [-0.1, -0.05) is 60.2 Å². The first-order valence-electron chi connectivity index (χ1n) is 9.34. The maximum Gasteiger partial charge on any atom is 0.332 e. The molecule has 1 rings (SSSR count). The second-order valence-electron chi connectivity index (χ2n) is 6.10. The number of carbonyl (C=O) groups excluding carboxylic acids is 2. The number of carbonyl (C=O) groups is 2. The molecule has 0 saturated carbocycles. The van der Waals surface area contributed by atoms with E-state index in [1.54, 1.807) is 31.2 Å². The molecule has 2 amide bonds. The number of phenolic OH excluding ortho intramolecular Hbond substituents is 1. The monoisotopic (exact) mass is 478 g/mol. The molecule has 0 atom stereocenters. The fourth-order valence-electron chi connectivity index (χ4n) is 2.25. The number of halogens is 2. The van der Waals surface area contributed by atoms with E-state index >= 15 is 0 Å². The zero-order valence-electron chi connectivity index (χ0n) is 17.6. The molecule has 0 unspecified atom stereocenters. The second kappa shape index (κ2) is 13.9. The zero-order chi connectivity index (χ0) is 24.1. The normalized spacial score (nSPS) is 13.2. The fourth-order valence-corrected chi connectivity index (χ4v) is 2.64. The maximum atomic E-state index is 11.4. The van der Waals surface area contributed by atoms with Crippen molar-refractivity contribution in [1.82, 2.24) is 10.8 Å². The van der Waals surface area contributed by atoms with Crippen molar-refractivity contribution in [3.8, 4) is 11.5 Å². The van der Waals surface area contributed by atoms with Gasteiger partial charge in [-0.15, -0.1) is 0 Å². The first-order valence-corrected chi connectivity index (χ1v) is 10.1. The summed E-state index contributed by atoms with van der Waals surface area (Å²) >= 11 is 12.5. The van der Waals surface area contributed by atoms with E-state index in [1.165, 1.54) is 17.6 Å². The number of rotatable bonds is 9. The summed E-state index contributed by atoms with van der Waals surface area (Å²) in [5, 5.41) is 21.0. The van der Waals surface area contributed by atoms with Crippen molar-refractivity contribution in [3.63, 3.8) is 0 Å². The van der Waals surface area contributed by atoms with E-state index in [-0.39, 0.29) is 21.6 Å². The Kier molecular flexibility index (Phi) is 11.7. The predicted molar refractivity (Wildman–Crippen MR) is 125 cm³/mol. The molecule has 0 aliphatic carbocycles. The Balaban J connectivity index is 3.19. The number of allylic oxidation sites excluding steroid dienone is 9. The van der Waals surface area contributed by atoms with Crippen LogP contribution in [-0.2, 0) is 16.0 Å². The molecular weight excluding hydrogens is 455 g/mol. The average Bonchev–Trinajstić information content (AvgIpc) is 2.80. The van der Waals surface area contributed by atoms with E-state index in [1.807, 2.05) is 25.2 Å². The topological polar surface area (TPSA) is 108 Å². The smallest absolute Gasteiger partial charge is 0.332 e. The van der Waals surface area contributed by atoms with Gasteiger partial charge in [-0.05, 0) is 43.7 Å². The summed E-state index contributed by atoms with van der Waals surface area (Å²) in [6.45, 7) is 7.36. The van der Waals surface area contributed by atoms with Crippen molar-refractivity contribution < 1.29 is 24.6 Å². The fraction of sp³-hybridized carbons (Fsp3) is 0.130. The van der Waals surface area contributed by atoms with Gasteiger partial charge in [0.25, 0.3) is 0 Å². The predicted octanol–water partition coefficient (Wildman–Crippen LogP) is 4.73. The minimum Gasteiger partial charge on any atom is -0.508 e. The summed E-state index contributed by atoms with van der Waals surface area (Å²) in [5.41, 5.74) is 2.70. The van der Waals surface area contributed by atoms with E-state index in [2.05, 4.69) is 11.9 Å². The molecular formula is C23H24Cl2N2O5. The van der Waals surface area contributed by atoms with Crippen molar-refractivity contribution in [1.29, 1.82) is 0 Å². The van der Waals surface area contributed by atoms with Gasteiger partial charge >= 0.3 is 11.8 Å². The number of hydrogen-bond donors (Lipinski definition) is 4. The summed E-state index contributed by atoms with van der Waals surface area (Å²) in [6, 6.07) is 4.67. The molecule has 0 aromatic heterocycles. The van der Waals surface area contributed by atoms with Crippen molar-refractivity contribution in [3.05, 3.63) is 94.4 Å². The first kappa shape index (κ1) is 26.8. The van der Waals surface area contributed by atoms with Crippen LogP contribution < -0.4 is 15.5 Å². The minimum absolute atomic E-state index is 0.0205. The van der Waals surface area contributed by atoms with E-state index in [4.69, 9.17) is 33.1 Å². The third-order valence-electron chi connectivity index (χ3n) is 3.87. The molecule has 32 heavy (non-hydrogen) atoms. The molecule has 0 aliphatic rings. The lowest BCUT2D eigenvalue weighted by molar-refractivity contribution is -0.143. The lowest BCUT2D eigenvalue weighted by Crippen LogP contribution is -2.35. The third kappa shape index (κ3) is 8.47. The first-order chi connectivity index (χ1) is 15.3. The molecule has 0 spiro atoms. The summed E-state index contributed by atoms with van der Waals surface area (Å²) in [4.78, 5) is 22.3. The van der Waals surface area contributed by atoms with E-state index in [0.717, 1.165) is 11.8 Å². The highest BCUT2D eigenvalue weighted by Crippen LogP contribution is 2.30. The van der Waals surface area contributed by atoms with Gasteiger partial charge in [0.15, 0.2) is 5.76 Å². The molecule has 0 fully saturated rings. The molecule has 0 saturated heterocycles. The van der Waals surface area contributed by atoms with Crippen molar-refractivity contribution in [2.45, 2.75) is 20.3 Å². The van der Waals surface area contributed by atoms with Crippen LogP contribution in [0.1, 0.15) is 19.4 Å². The third-order valence-corrected chi connectivity index (χ3v) is 4.56. The summed E-state index contributed by atoms with van der Waals surface area (Å²) in [6.07, 6.45) is 11.7. The minimum atomic E-state index is -1.24. The SMILES string of the molecule is C=C/C(=C\C=C/C)Cc1cc(OC(=C(Cl)/C=C/NC(=O)C(=O)NO)/C(Cl)=C\C)ccc1O. The van der Waals surface area contributed by atoms with Crippen LogP contribution in [0, 0.1) is 0 Å². The number of phenols is 1. The van der Waals surface area contributed by atoms with Crippen LogP contribution >= 0.6 is 23.2 Å². The Morgan fingerprint density at radius 2 is 1.94 bits per heavy atom. The van der Waals surface area contributed by atoms with Gasteiger partial charge in [-0.25, -0.2) is 5.48 Å². The molecule has 4 N–H and O–H groups in total. The molecule has 0 bridgehead atoms. The Morgan fingerprint density at radius 1 is 1.22 bits per heavy atom. The molecule has 0 aliphatic heterocycles. The number of hydrogen-bond acceptors (Lipinski definition) is 5. The number of benzene rings is 1. The van der Waals surface area contributed by atoms with Gasteiger partial charge in [-0.2, -0.15) is 0 Å². The van der Waals surface area contributed by atoms with Gasteiger partial charge in [0.1, 0.15) is 11.5 Å². The zero-order valence-corrected chi connectivity index (χ0v) is 19.1. The van der Waals surface area contributed by atoms with Gasteiger partial charge in [-0.3, -0.25) is 14.8 Å². The molecule has 0 radical (unpaired) electrons. The number of ether oxygens (including phenoxy) is 1. The Labute approximate surface area is 196 Å². The summed E-state index contributed by atoms with van der Waals surface area (Å²) in [5.74, 6) is -1.81. The van der Waals surface area contributed by atoms with Crippen LogP contribution in [0.4, 0.5) is 0 Å². The summed E-state index contributed by atoms with van der Waals surface area (Å²) in [7, 11) is 0. The van der Waals surface area contributed by atoms with Crippen LogP contribution in [0.3, 0.4) is 0 Å². The highest BCUT2D eigenvalue weighted by molar-refractivity contribution is 6.36. The van der Waals surface area contributed by atoms with Crippen molar-refractivity contribution >= 4 is 35.0 Å². The van der Waals surface area contributed by atoms with E-state index in [0.29, 0.717) is 17.7 Å².